The van der Waals surface area contributed by atoms with Crippen molar-refractivity contribution in [3.8, 4) is 6.07 Å². The lowest BCUT2D eigenvalue weighted by molar-refractivity contribution is -0.137. The van der Waals surface area contributed by atoms with Gasteiger partial charge in [0.15, 0.2) is 0 Å². The molecule has 0 bridgehead atoms. The third-order valence-corrected chi connectivity index (χ3v) is 1.35. The molecule has 0 fully saturated rings. The summed E-state index contributed by atoms with van der Waals surface area (Å²) >= 11 is 0. The fraction of sp³-hybridized carbons (Fsp3) is 0.600. The summed E-state index contributed by atoms with van der Waals surface area (Å²) in [5, 5.41) is 8.67. The minimum Gasteiger partial charge on any atom is -0.463 e. The van der Waals surface area contributed by atoms with Crippen LogP contribution in [0.2, 0.25) is 0 Å². The normalized spacial score (nSPS) is 11.2. The Kier molecular flexibility index (Phi) is 5.62. The fourth-order valence-electron chi connectivity index (χ4n) is 0.903. The van der Waals surface area contributed by atoms with Gasteiger partial charge in [-0.05, 0) is 19.3 Å². The van der Waals surface area contributed by atoms with Gasteiger partial charge in [-0.1, -0.05) is 13.8 Å². The minimum absolute atomic E-state index is 0.343. The summed E-state index contributed by atoms with van der Waals surface area (Å²) in [6, 6.07) is 1.98. The quantitative estimate of drug-likeness (QED) is 0.379. The first-order valence-electron chi connectivity index (χ1n) is 4.37. The van der Waals surface area contributed by atoms with Crippen molar-refractivity contribution in [2.75, 3.05) is 6.61 Å². The Labute approximate surface area is 79.0 Å². The van der Waals surface area contributed by atoms with Crippen LogP contribution in [0.4, 0.5) is 0 Å². The second-order valence-electron chi connectivity index (χ2n) is 3.13. The van der Waals surface area contributed by atoms with Crippen LogP contribution in [0, 0.1) is 17.2 Å². The number of hydrogen-bond acceptors (Lipinski definition) is 3. The maximum atomic E-state index is 10.9. The highest BCUT2D eigenvalue weighted by Crippen LogP contribution is 2.09. The van der Waals surface area contributed by atoms with Gasteiger partial charge in [-0.25, -0.2) is 4.79 Å². The third kappa shape index (κ3) is 5.92. The maximum Gasteiger partial charge on any atom is 0.331 e. The van der Waals surface area contributed by atoms with Crippen LogP contribution in [0.15, 0.2) is 11.6 Å². The molecule has 0 saturated heterocycles. The molecule has 72 valence electrons. The molecule has 0 rings (SSSR count). The van der Waals surface area contributed by atoms with Crippen molar-refractivity contribution in [1.82, 2.24) is 0 Å². The molecule has 13 heavy (non-hydrogen) atoms. The zero-order valence-electron chi connectivity index (χ0n) is 8.33. The highest BCUT2D eigenvalue weighted by Gasteiger charge is 2.03. The Morgan fingerprint density at radius 2 is 2.23 bits per heavy atom. The van der Waals surface area contributed by atoms with Gasteiger partial charge in [0.2, 0.25) is 0 Å². The number of ether oxygens (including phenoxy) is 1. The zero-order valence-corrected chi connectivity index (χ0v) is 8.33. The monoisotopic (exact) mass is 181 g/mol. The van der Waals surface area contributed by atoms with Gasteiger partial charge in [-0.15, -0.1) is 0 Å². The molecule has 3 nitrogen and oxygen atoms in total. The van der Waals surface area contributed by atoms with Crippen LogP contribution in [-0.4, -0.2) is 12.6 Å². The number of nitriles is 1. The highest BCUT2D eigenvalue weighted by atomic mass is 16.5. The number of carbonyl (C=O) groups is 1. The first-order valence-corrected chi connectivity index (χ1v) is 4.37. The molecule has 0 aromatic carbocycles. The van der Waals surface area contributed by atoms with Crippen LogP contribution in [-0.2, 0) is 9.53 Å². The lowest BCUT2D eigenvalue weighted by Gasteiger charge is -2.01. The van der Waals surface area contributed by atoms with Crippen molar-refractivity contribution >= 4 is 5.97 Å². The van der Waals surface area contributed by atoms with Crippen LogP contribution >= 0.6 is 0 Å². The summed E-state index contributed by atoms with van der Waals surface area (Å²) in [5.74, 6) is -0.0555. The lowest BCUT2D eigenvalue weighted by atomic mass is 10.0. The Hall–Kier alpha value is -1.30. The van der Waals surface area contributed by atoms with E-state index in [1.807, 2.05) is 19.9 Å². The van der Waals surface area contributed by atoms with E-state index in [4.69, 9.17) is 5.26 Å². The first kappa shape index (κ1) is 11.7. The summed E-state index contributed by atoms with van der Waals surface area (Å²) in [5.41, 5.74) is 0.480. The molecule has 0 aromatic rings. The molecule has 0 aliphatic heterocycles. The van der Waals surface area contributed by atoms with Crippen molar-refractivity contribution in [2.45, 2.75) is 27.2 Å². The second-order valence-corrected chi connectivity index (χ2v) is 3.13. The molecule has 0 amide bonds. The van der Waals surface area contributed by atoms with E-state index in [1.54, 1.807) is 6.92 Å². The number of allylic oxidation sites excluding steroid dienone is 1. The van der Waals surface area contributed by atoms with Crippen LogP contribution in [0.1, 0.15) is 27.2 Å². The van der Waals surface area contributed by atoms with Crippen LogP contribution in [0.3, 0.4) is 0 Å². The summed E-state index contributed by atoms with van der Waals surface area (Å²) < 4.78 is 4.69. The van der Waals surface area contributed by atoms with E-state index in [9.17, 15) is 4.79 Å². The molecule has 0 atom stereocenters. The third-order valence-electron chi connectivity index (χ3n) is 1.35. The van der Waals surface area contributed by atoms with Crippen LogP contribution < -0.4 is 0 Å². The number of rotatable bonds is 4. The number of esters is 1. The van der Waals surface area contributed by atoms with Crippen LogP contribution in [0.5, 0.6) is 0 Å². The van der Waals surface area contributed by atoms with E-state index in [0.717, 1.165) is 0 Å². The van der Waals surface area contributed by atoms with Gasteiger partial charge >= 0.3 is 5.97 Å². The fourth-order valence-corrected chi connectivity index (χ4v) is 0.903. The Balaban J connectivity index is 4.23. The summed E-state index contributed by atoms with van der Waals surface area (Å²) in [4.78, 5) is 10.9. The largest absolute Gasteiger partial charge is 0.463 e. The first-order chi connectivity index (χ1) is 6.10. The van der Waals surface area contributed by atoms with Gasteiger partial charge in [0, 0.05) is 11.6 Å². The molecule has 0 spiro atoms. The molecule has 0 aliphatic rings. The second kappa shape index (κ2) is 6.24. The Morgan fingerprint density at radius 1 is 1.62 bits per heavy atom. The lowest BCUT2D eigenvalue weighted by Crippen LogP contribution is -2.01. The zero-order chi connectivity index (χ0) is 10.3. The predicted octanol–water partition coefficient (Wildman–Crippen LogP) is 2.05. The smallest absolute Gasteiger partial charge is 0.331 e. The number of hydrogen-bond donors (Lipinski definition) is 0. The standard InChI is InChI=1S/C10H15NO2/c1-4-13-10(12)6-9(7-11)5-8(2)3/h6,8H,4-5H2,1-3H3/b9-6-. The van der Waals surface area contributed by atoms with E-state index in [2.05, 4.69) is 4.74 Å². The number of nitrogens with zero attached hydrogens (tertiary/aromatic N) is 1. The maximum absolute atomic E-state index is 10.9. The van der Waals surface area contributed by atoms with Crippen molar-refractivity contribution in [3.63, 3.8) is 0 Å². The van der Waals surface area contributed by atoms with E-state index < -0.39 is 5.97 Å². The van der Waals surface area contributed by atoms with Gasteiger partial charge < -0.3 is 4.74 Å². The molecule has 0 unspecified atom stereocenters. The van der Waals surface area contributed by atoms with Gasteiger partial charge in [0.1, 0.15) is 0 Å². The molecule has 0 saturated carbocycles. The Morgan fingerprint density at radius 3 is 2.62 bits per heavy atom. The topological polar surface area (TPSA) is 50.1 Å². The predicted molar refractivity (Wildman–Crippen MR) is 49.8 cm³/mol. The van der Waals surface area contributed by atoms with Gasteiger partial charge in [-0.2, -0.15) is 5.26 Å². The SMILES string of the molecule is CCOC(=O)/C=C(\C#N)CC(C)C. The summed E-state index contributed by atoms with van der Waals surface area (Å²) in [6.07, 6.45) is 1.89. The van der Waals surface area contributed by atoms with E-state index in [1.165, 1.54) is 6.08 Å². The molecule has 0 N–H and O–H groups in total. The minimum atomic E-state index is -0.431. The molecule has 0 radical (unpaired) electrons. The molecule has 0 aliphatic carbocycles. The van der Waals surface area contributed by atoms with Crippen molar-refractivity contribution in [3.05, 3.63) is 11.6 Å². The van der Waals surface area contributed by atoms with Crippen LogP contribution in [0.25, 0.3) is 0 Å². The average molecular weight is 181 g/mol. The van der Waals surface area contributed by atoms with Crippen molar-refractivity contribution in [1.29, 1.82) is 5.26 Å². The van der Waals surface area contributed by atoms with Crippen molar-refractivity contribution < 1.29 is 9.53 Å². The van der Waals surface area contributed by atoms with Gasteiger partial charge in [0.05, 0.1) is 12.7 Å². The summed E-state index contributed by atoms with van der Waals surface area (Å²) in [7, 11) is 0. The molecule has 0 heterocycles. The van der Waals surface area contributed by atoms with E-state index >= 15 is 0 Å². The molecular formula is C10H15NO2. The van der Waals surface area contributed by atoms with E-state index in [0.29, 0.717) is 24.5 Å². The average Bonchev–Trinajstić information content (AvgIpc) is 2.02. The number of carbonyl (C=O) groups excluding carboxylic acids is 1. The molecule has 0 aromatic heterocycles. The molecule has 3 heteroatoms. The van der Waals surface area contributed by atoms with Gasteiger partial charge in [0.25, 0.3) is 0 Å². The van der Waals surface area contributed by atoms with Gasteiger partial charge in [-0.3, -0.25) is 0 Å². The highest BCUT2D eigenvalue weighted by molar-refractivity contribution is 5.83. The Bertz CT molecular complexity index is 236. The van der Waals surface area contributed by atoms with E-state index in [-0.39, 0.29) is 0 Å². The summed E-state index contributed by atoms with van der Waals surface area (Å²) in [6.45, 7) is 6.07. The molecular weight excluding hydrogens is 166 g/mol. The van der Waals surface area contributed by atoms with Crippen molar-refractivity contribution in [2.24, 2.45) is 5.92 Å².